The van der Waals surface area contributed by atoms with E-state index in [1.807, 2.05) is 41.4 Å². The van der Waals surface area contributed by atoms with Gasteiger partial charge in [-0.1, -0.05) is 31.2 Å². The molecule has 4 rings (SSSR count). The summed E-state index contributed by atoms with van der Waals surface area (Å²) < 4.78 is 3.90. The molecule has 5 nitrogen and oxygen atoms in total. The monoisotopic (exact) mass is 386 g/mol. The zero-order valence-corrected chi connectivity index (χ0v) is 17.1. The number of para-hydroxylation sites is 1. The lowest BCUT2D eigenvalue weighted by Gasteiger charge is -2.18. The second-order valence-corrected chi connectivity index (χ2v) is 7.93. The standard InChI is InChI=1S/C24H26N4O/c1-18(14-26(2)3)15-27-16-20(10-12-24(27)29)19-9-11-23-22(13-19)25-17-28(23)21-7-5-4-6-8-21/h4-13,16-18H,14-15H2,1-3H3. The minimum Gasteiger partial charge on any atom is -0.315 e. The zero-order valence-electron chi connectivity index (χ0n) is 17.1. The van der Waals surface area contributed by atoms with E-state index in [1.54, 1.807) is 6.07 Å². The normalized spacial score (nSPS) is 12.6. The summed E-state index contributed by atoms with van der Waals surface area (Å²) >= 11 is 0. The predicted octanol–water partition coefficient (Wildman–Crippen LogP) is 4.05. The molecule has 0 N–H and O–H groups in total. The molecule has 29 heavy (non-hydrogen) atoms. The van der Waals surface area contributed by atoms with Crippen LogP contribution in [0.4, 0.5) is 0 Å². The summed E-state index contributed by atoms with van der Waals surface area (Å²) in [6.07, 6.45) is 3.82. The summed E-state index contributed by atoms with van der Waals surface area (Å²) in [5, 5.41) is 0. The summed E-state index contributed by atoms with van der Waals surface area (Å²) in [4.78, 5) is 19.1. The maximum Gasteiger partial charge on any atom is 0.250 e. The Kier molecular flexibility index (Phi) is 5.32. The molecule has 2 aromatic carbocycles. The molecular weight excluding hydrogens is 360 g/mol. The van der Waals surface area contributed by atoms with Gasteiger partial charge in [0, 0.05) is 31.0 Å². The van der Waals surface area contributed by atoms with E-state index in [0.717, 1.165) is 34.4 Å². The Hall–Kier alpha value is -3.18. The quantitative estimate of drug-likeness (QED) is 0.502. The summed E-state index contributed by atoms with van der Waals surface area (Å²) in [5.41, 5.74) is 5.21. The highest BCUT2D eigenvalue weighted by Crippen LogP contribution is 2.25. The number of pyridine rings is 1. The van der Waals surface area contributed by atoms with Gasteiger partial charge in [-0.15, -0.1) is 0 Å². The number of imidazole rings is 1. The smallest absolute Gasteiger partial charge is 0.250 e. The molecule has 0 aliphatic rings. The SMILES string of the molecule is CC(CN(C)C)Cn1cc(-c2ccc3c(c2)ncn3-c2ccccc2)ccc1=O. The third-order valence-corrected chi connectivity index (χ3v) is 5.08. The minimum atomic E-state index is 0.0359. The van der Waals surface area contributed by atoms with Crippen molar-refractivity contribution in [3.05, 3.63) is 83.5 Å². The lowest BCUT2D eigenvalue weighted by molar-refractivity contribution is 0.313. The maximum absolute atomic E-state index is 12.3. The Morgan fingerprint density at radius 2 is 1.76 bits per heavy atom. The molecular formula is C24H26N4O. The van der Waals surface area contributed by atoms with Crippen LogP contribution in [-0.4, -0.2) is 39.7 Å². The zero-order chi connectivity index (χ0) is 20.4. The summed E-state index contributed by atoms with van der Waals surface area (Å²) in [6.45, 7) is 3.82. The first kappa shape index (κ1) is 19.2. The van der Waals surface area contributed by atoms with Gasteiger partial charge in [0.15, 0.2) is 0 Å². The van der Waals surface area contributed by atoms with Crippen molar-refractivity contribution in [3.8, 4) is 16.8 Å². The van der Waals surface area contributed by atoms with Crippen LogP contribution in [0.1, 0.15) is 6.92 Å². The Bertz CT molecular complexity index is 1170. The average molecular weight is 386 g/mol. The topological polar surface area (TPSA) is 43.1 Å². The molecule has 5 heteroatoms. The van der Waals surface area contributed by atoms with Crippen molar-refractivity contribution in [2.45, 2.75) is 13.5 Å². The van der Waals surface area contributed by atoms with Crippen molar-refractivity contribution in [2.75, 3.05) is 20.6 Å². The Morgan fingerprint density at radius 1 is 1.00 bits per heavy atom. The van der Waals surface area contributed by atoms with E-state index in [2.05, 4.69) is 65.8 Å². The van der Waals surface area contributed by atoms with Gasteiger partial charge < -0.3 is 9.47 Å². The van der Waals surface area contributed by atoms with Crippen LogP contribution in [0, 0.1) is 5.92 Å². The number of fused-ring (bicyclic) bond motifs is 1. The number of hydrogen-bond acceptors (Lipinski definition) is 3. The van der Waals surface area contributed by atoms with Crippen LogP contribution in [0.3, 0.4) is 0 Å². The second-order valence-electron chi connectivity index (χ2n) is 7.93. The van der Waals surface area contributed by atoms with Crippen LogP contribution >= 0.6 is 0 Å². The van der Waals surface area contributed by atoms with Crippen LogP contribution in [-0.2, 0) is 6.54 Å². The van der Waals surface area contributed by atoms with Crippen LogP contribution in [0.2, 0.25) is 0 Å². The van der Waals surface area contributed by atoms with E-state index in [0.29, 0.717) is 12.5 Å². The van der Waals surface area contributed by atoms with Crippen molar-refractivity contribution < 1.29 is 0 Å². The molecule has 0 spiro atoms. The van der Waals surface area contributed by atoms with E-state index >= 15 is 0 Å². The maximum atomic E-state index is 12.3. The van der Waals surface area contributed by atoms with Crippen molar-refractivity contribution in [1.29, 1.82) is 0 Å². The first-order chi connectivity index (χ1) is 14.0. The van der Waals surface area contributed by atoms with E-state index in [4.69, 9.17) is 0 Å². The number of hydrogen-bond donors (Lipinski definition) is 0. The first-order valence-electron chi connectivity index (χ1n) is 9.89. The minimum absolute atomic E-state index is 0.0359. The Labute approximate surface area is 170 Å². The molecule has 4 aromatic rings. The Morgan fingerprint density at radius 3 is 2.52 bits per heavy atom. The highest BCUT2D eigenvalue weighted by atomic mass is 16.1. The van der Waals surface area contributed by atoms with Gasteiger partial charge in [0.1, 0.15) is 6.33 Å². The van der Waals surface area contributed by atoms with Gasteiger partial charge in [-0.2, -0.15) is 0 Å². The van der Waals surface area contributed by atoms with E-state index < -0.39 is 0 Å². The summed E-state index contributed by atoms with van der Waals surface area (Å²) in [7, 11) is 4.11. The molecule has 0 amide bonds. The molecule has 2 aromatic heterocycles. The lowest BCUT2D eigenvalue weighted by Crippen LogP contribution is -2.27. The van der Waals surface area contributed by atoms with Gasteiger partial charge >= 0.3 is 0 Å². The fraction of sp³-hybridized carbons (Fsp3) is 0.250. The average Bonchev–Trinajstić information content (AvgIpc) is 3.13. The van der Waals surface area contributed by atoms with Gasteiger partial charge in [-0.25, -0.2) is 4.98 Å². The van der Waals surface area contributed by atoms with Crippen LogP contribution < -0.4 is 5.56 Å². The number of rotatable bonds is 6. The number of aromatic nitrogens is 3. The molecule has 0 aliphatic carbocycles. The molecule has 2 heterocycles. The van der Waals surface area contributed by atoms with Gasteiger partial charge in [-0.3, -0.25) is 9.36 Å². The van der Waals surface area contributed by atoms with Crippen LogP contribution in [0.25, 0.3) is 27.8 Å². The largest absolute Gasteiger partial charge is 0.315 e. The third-order valence-electron chi connectivity index (χ3n) is 5.08. The van der Waals surface area contributed by atoms with Crippen molar-refractivity contribution >= 4 is 11.0 Å². The first-order valence-corrected chi connectivity index (χ1v) is 9.89. The molecule has 0 fully saturated rings. The molecule has 1 unspecified atom stereocenters. The molecule has 0 saturated heterocycles. The lowest BCUT2D eigenvalue weighted by atomic mass is 10.1. The van der Waals surface area contributed by atoms with Crippen molar-refractivity contribution in [2.24, 2.45) is 5.92 Å². The molecule has 148 valence electrons. The molecule has 0 saturated carbocycles. The van der Waals surface area contributed by atoms with Gasteiger partial charge in [0.05, 0.1) is 11.0 Å². The second kappa shape index (κ2) is 8.05. The van der Waals surface area contributed by atoms with Crippen LogP contribution in [0.5, 0.6) is 0 Å². The molecule has 1 atom stereocenters. The highest BCUT2D eigenvalue weighted by Gasteiger charge is 2.10. The predicted molar refractivity (Wildman–Crippen MR) is 118 cm³/mol. The number of nitrogens with zero attached hydrogens (tertiary/aromatic N) is 4. The van der Waals surface area contributed by atoms with E-state index in [9.17, 15) is 4.79 Å². The fourth-order valence-corrected chi connectivity index (χ4v) is 3.85. The van der Waals surface area contributed by atoms with Gasteiger partial charge in [-0.05, 0) is 61.5 Å². The summed E-state index contributed by atoms with van der Waals surface area (Å²) in [5.74, 6) is 0.391. The molecule has 0 bridgehead atoms. The van der Waals surface area contributed by atoms with E-state index in [-0.39, 0.29) is 5.56 Å². The molecule has 0 aliphatic heterocycles. The number of benzene rings is 2. The van der Waals surface area contributed by atoms with Gasteiger partial charge in [0.25, 0.3) is 5.56 Å². The van der Waals surface area contributed by atoms with Crippen molar-refractivity contribution in [1.82, 2.24) is 19.0 Å². The third kappa shape index (κ3) is 4.15. The summed E-state index contributed by atoms with van der Waals surface area (Å²) in [6, 6.07) is 20.0. The van der Waals surface area contributed by atoms with Gasteiger partial charge in [0.2, 0.25) is 0 Å². The molecule has 0 radical (unpaired) electrons. The highest BCUT2D eigenvalue weighted by molar-refractivity contribution is 5.83. The fourth-order valence-electron chi connectivity index (χ4n) is 3.85. The Balaban J connectivity index is 1.66. The van der Waals surface area contributed by atoms with Crippen molar-refractivity contribution in [3.63, 3.8) is 0 Å². The van der Waals surface area contributed by atoms with Crippen LogP contribution in [0.15, 0.2) is 78.0 Å². The van der Waals surface area contributed by atoms with E-state index in [1.165, 1.54) is 0 Å².